The third kappa shape index (κ3) is 3.69. The molecule has 0 saturated heterocycles. The smallest absolute Gasteiger partial charge is 0.112 e. The number of hydrazine groups is 1. The Morgan fingerprint density at radius 2 is 1.65 bits per heavy atom. The molecule has 3 aromatic rings. The molecule has 1 aromatic heterocycles. The highest BCUT2D eigenvalue weighted by Gasteiger charge is 2.25. The first kappa shape index (κ1) is 17.5. The van der Waals surface area contributed by atoms with Gasteiger partial charge in [-0.25, -0.2) is 10.1 Å². The van der Waals surface area contributed by atoms with Crippen molar-refractivity contribution >= 4 is 17.7 Å². The first-order chi connectivity index (χ1) is 12.5. The third-order valence-corrected chi connectivity index (χ3v) is 3.91. The van der Waals surface area contributed by atoms with E-state index in [-0.39, 0.29) is 5.41 Å². The van der Waals surface area contributed by atoms with E-state index < -0.39 is 0 Å². The van der Waals surface area contributed by atoms with Crippen LogP contribution in [0.15, 0.2) is 65.7 Å². The van der Waals surface area contributed by atoms with E-state index >= 15 is 0 Å². The lowest BCUT2D eigenvalue weighted by atomic mass is 9.89. The van der Waals surface area contributed by atoms with Crippen LogP contribution in [0.4, 0.5) is 11.5 Å². The Hall–Kier alpha value is -3.28. The molecular weight excluding hydrogens is 324 g/mol. The summed E-state index contributed by atoms with van der Waals surface area (Å²) < 4.78 is 1.76. The molecule has 1 heterocycles. The molecule has 2 aromatic carbocycles. The molecule has 0 aliphatic rings. The summed E-state index contributed by atoms with van der Waals surface area (Å²) in [5.74, 6) is 0.614. The van der Waals surface area contributed by atoms with Crippen molar-refractivity contribution in [3.8, 4) is 5.69 Å². The van der Waals surface area contributed by atoms with Gasteiger partial charge in [-0.2, -0.15) is 15.9 Å². The molecule has 0 unspecified atom stereocenters. The van der Waals surface area contributed by atoms with Gasteiger partial charge in [-0.05, 0) is 24.3 Å². The van der Waals surface area contributed by atoms with Crippen LogP contribution in [0.3, 0.4) is 0 Å². The maximum Gasteiger partial charge on any atom is 0.112 e. The molecule has 0 saturated carbocycles. The maximum atomic E-state index is 9.27. The highest BCUT2D eigenvalue weighted by atomic mass is 15.5. The zero-order valence-electron chi connectivity index (χ0n) is 15.1. The van der Waals surface area contributed by atoms with Gasteiger partial charge in [0.1, 0.15) is 5.82 Å². The Kier molecular flexibility index (Phi) is 4.93. The van der Waals surface area contributed by atoms with Crippen LogP contribution in [0, 0.1) is 0 Å². The van der Waals surface area contributed by atoms with Crippen molar-refractivity contribution in [2.24, 2.45) is 4.99 Å². The first-order valence-corrected chi connectivity index (χ1v) is 8.44. The maximum absolute atomic E-state index is 9.27. The largest absolute Gasteiger partial charge is 0.256 e. The quantitative estimate of drug-likeness (QED) is 0.422. The molecule has 0 amide bonds. The summed E-state index contributed by atoms with van der Waals surface area (Å²) in [4.78, 5) is 4.57. The average molecular weight is 346 g/mol. The van der Waals surface area contributed by atoms with Crippen molar-refractivity contribution in [2.45, 2.75) is 26.2 Å². The van der Waals surface area contributed by atoms with Crippen LogP contribution in [0.1, 0.15) is 32.0 Å². The normalized spacial score (nSPS) is 11.7. The number of hydrogen-bond acceptors (Lipinski definition) is 2. The van der Waals surface area contributed by atoms with Crippen LogP contribution in [-0.4, -0.2) is 16.0 Å². The fourth-order valence-electron chi connectivity index (χ4n) is 2.69. The standard InChI is InChI=1S/C20H22N6/c1-20(2,3)18-17(14-22-15-10-6-4-7-11-15)19(23-25-21)26(24-18)16-12-8-5-9-13-16/h4-14,25H,1-3H3,(H-,21,23). The Bertz CT molecular complexity index is 905. The minimum Gasteiger partial charge on any atom is -0.256 e. The summed E-state index contributed by atoms with van der Waals surface area (Å²) in [6, 6.07) is 19.5. The predicted molar refractivity (Wildman–Crippen MR) is 104 cm³/mol. The van der Waals surface area contributed by atoms with Gasteiger partial charge in [0, 0.05) is 17.2 Å². The van der Waals surface area contributed by atoms with E-state index in [4.69, 9.17) is 5.10 Å². The minimum atomic E-state index is -0.204. The third-order valence-electron chi connectivity index (χ3n) is 3.91. The monoisotopic (exact) mass is 346 g/mol. The van der Waals surface area contributed by atoms with Crippen LogP contribution >= 0.6 is 0 Å². The number of aromatic nitrogens is 2. The fraction of sp³-hybridized carbons (Fsp3) is 0.200. The van der Waals surface area contributed by atoms with Crippen molar-refractivity contribution in [3.63, 3.8) is 0 Å². The van der Waals surface area contributed by atoms with Gasteiger partial charge in [0.2, 0.25) is 0 Å². The Labute approximate surface area is 153 Å². The van der Waals surface area contributed by atoms with Gasteiger partial charge in [0.25, 0.3) is 0 Å². The molecule has 0 radical (unpaired) electrons. The van der Waals surface area contributed by atoms with E-state index in [1.165, 1.54) is 0 Å². The molecule has 26 heavy (non-hydrogen) atoms. The Morgan fingerprint density at radius 1 is 1.04 bits per heavy atom. The SMILES string of the molecule is CC(C)(C)c1nn(-c2ccccc2)c(N[NH+]=[N-])c1C=Nc1ccccc1. The van der Waals surface area contributed by atoms with Gasteiger partial charge in [-0.3, -0.25) is 4.99 Å². The average Bonchev–Trinajstić information content (AvgIpc) is 3.01. The van der Waals surface area contributed by atoms with E-state index in [1.807, 2.05) is 65.9 Å². The molecule has 0 bridgehead atoms. The lowest BCUT2D eigenvalue weighted by Crippen LogP contribution is -2.69. The molecule has 6 heteroatoms. The van der Waals surface area contributed by atoms with Crippen LogP contribution in [0.2, 0.25) is 0 Å². The van der Waals surface area contributed by atoms with Crippen molar-refractivity contribution in [3.05, 3.63) is 77.5 Å². The number of anilines is 1. The van der Waals surface area contributed by atoms with Crippen molar-refractivity contribution in [1.29, 1.82) is 0 Å². The second-order valence-corrected chi connectivity index (χ2v) is 6.94. The number of nitrogens with one attached hydrogen (secondary N) is 2. The van der Waals surface area contributed by atoms with E-state index in [0.717, 1.165) is 22.6 Å². The number of rotatable bonds is 5. The van der Waals surface area contributed by atoms with E-state index in [0.29, 0.717) is 5.82 Å². The Balaban J connectivity index is 2.18. The lowest BCUT2D eigenvalue weighted by molar-refractivity contribution is -0.444. The predicted octanol–water partition coefficient (Wildman–Crippen LogP) is 3.35. The van der Waals surface area contributed by atoms with Gasteiger partial charge in [0.15, 0.2) is 0 Å². The molecule has 2 N–H and O–H groups in total. The van der Waals surface area contributed by atoms with E-state index in [1.54, 1.807) is 10.9 Å². The molecule has 0 atom stereocenters. The number of nitrogens with zero attached hydrogens (tertiary/aromatic N) is 4. The van der Waals surface area contributed by atoms with Gasteiger partial charge >= 0.3 is 0 Å². The van der Waals surface area contributed by atoms with Crippen LogP contribution in [0.25, 0.3) is 11.2 Å². The van der Waals surface area contributed by atoms with Crippen molar-refractivity contribution in [1.82, 2.24) is 9.78 Å². The molecule has 132 valence electrons. The van der Waals surface area contributed by atoms with Crippen LogP contribution in [0.5, 0.6) is 0 Å². The van der Waals surface area contributed by atoms with Crippen LogP contribution in [-0.2, 0) is 5.41 Å². The Morgan fingerprint density at radius 3 is 2.23 bits per heavy atom. The van der Waals surface area contributed by atoms with Gasteiger partial charge in [-0.1, -0.05) is 57.2 Å². The topological polar surface area (TPSA) is 78.5 Å². The highest BCUT2D eigenvalue weighted by molar-refractivity contribution is 5.90. The summed E-state index contributed by atoms with van der Waals surface area (Å²) in [6.07, 6.45) is 1.78. The number of para-hydroxylation sites is 2. The number of hydrogen-bond donors (Lipinski definition) is 2. The minimum absolute atomic E-state index is 0.204. The van der Waals surface area contributed by atoms with Gasteiger partial charge in [0.05, 0.1) is 17.1 Å². The number of aliphatic imine (C=N–C) groups is 1. The highest BCUT2D eigenvalue weighted by Crippen LogP contribution is 2.30. The summed E-state index contributed by atoms with van der Waals surface area (Å²) in [6.45, 7) is 6.29. The zero-order chi connectivity index (χ0) is 18.6. The van der Waals surface area contributed by atoms with Crippen molar-refractivity contribution in [2.75, 3.05) is 5.43 Å². The summed E-state index contributed by atoms with van der Waals surface area (Å²) >= 11 is 0. The molecular formula is C20H22N6. The zero-order valence-corrected chi connectivity index (χ0v) is 15.1. The molecule has 6 nitrogen and oxygen atoms in total. The molecule has 3 rings (SSSR count). The molecule has 0 aliphatic carbocycles. The fourth-order valence-corrected chi connectivity index (χ4v) is 2.69. The lowest BCUT2D eigenvalue weighted by Gasteiger charge is -2.16. The van der Waals surface area contributed by atoms with E-state index in [2.05, 4.69) is 31.2 Å². The van der Waals surface area contributed by atoms with Crippen LogP contribution < -0.4 is 10.6 Å². The second kappa shape index (κ2) is 7.31. The van der Waals surface area contributed by atoms with Crippen molar-refractivity contribution < 1.29 is 5.22 Å². The summed E-state index contributed by atoms with van der Waals surface area (Å²) in [5, 5.41) is 6.82. The van der Waals surface area contributed by atoms with Gasteiger partial charge in [-0.15, -0.1) is 0 Å². The molecule has 0 spiro atoms. The van der Waals surface area contributed by atoms with E-state index in [9.17, 15) is 5.53 Å². The first-order valence-electron chi connectivity index (χ1n) is 8.44. The second-order valence-electron chi connectivity index (χ2n) is 6.94. The van der Waals surface area contributed by atoms with Gasteiger partial charge < -0.3 is 0 Å². The molecule has 0 fully saturated rings. The molecule has 0 aliphatic heterocycles. The summed E-state index contributed by atoms with van der Waals surface area (Å²) in [5.41, 5.74) is 15.3. The summed E-state index contributed by atoms with van der Waals surface area (Å²) in [7, 11) is 0. The number of benzene rings is 2.